The van der Waals surface area contributed by atoms with Crippen LogP contribution in [0.4, 0.5) is 15.6 Å². The van der Waals surface area contributed by atoms with Crippen molar-refractivity contribution in [3.05, 3.63) is 22.5 Å². The lowest BCUT2D eigenvalue weighted by Crippen LogP contribution is -2.20. The second kappa shape index (κ2) is 5.06. The number of nitrogens with one attached hydrogen (secondary N) is 3. The van der Waals surface area contributed by atoms with E-state index in [9.17, 15) is 9.59 Å². The number of rotatable bonds is 3. The Balaban J connectivity index is 2.08. The van der Waals surface area contributed by atoms with E-state index in [1.54, 1.807) is 13.8 Å². The third kappa shape index (κ3) is 3.07. The van der Waals surface area contributed by atoms with E-state index in [1.165, 1.54) is 17.4 Å². The zero-order chi connectivity index (χ0) is 14.0. The number of carboxylic acids is 1. The highest BCUT2D eigenvalue weighted by atomic mass is 32.1. The van der Waals surface area contributed by atoms with Crippen LogP contribution in [0, 0.1) is 13.8 Å². The van der Waals surface area contributed by atoms with Crippen molar-refractivity contribution < 1.29 is 14.7 Å². The topological polar surface area (TPSA) is 120 Å². The van der Waals surface area contributed by atoms with Crippen LogP contribution < -0.4 is 10.6 Å². The Morgan fingerprint density at radius 2 is 2.05 bits per heavy atom. The first-order chi connectivity index (χ1) is 8.95. The fraction of sp³-hybridized carbons (Fsp3) is 0.200. The van der Waals surface area contributed by atoms with Gasteiger partial charge in [0, 0.05) is 5.69 Å². The molecule has 4 N–H and O–H groups in total. The van der Waals surface area contributed by atoms with E-state index in [0.29, 0.717) is 10.8 Å². The number of urea groups is 1. The normalized spacial score (nSPS) is 10.2. The van der Waals surface area contributed by atoms with E-state index < -0.39 is 12.0 Å². The second-order valence-electron chi connectivity index (χ2n) is 3.75. The van der Waals surface area contributed by atoms with Crippen LogP contribution >= 0.6 is 11.3 Å². The first-order valence-electron chi connectivity index (χ1n) is 5.26. The van der Waals surface area contributed by atoms with Crippen LogP contribution in [0.5, 0.6) is 0 Å². The van der Waals surface area contributed by atoms with E-state index in [0.717, 1.165) is 5.01 Å². The Hall–Kier alpha value is -2.42. The van der Waals surface area contributed by atoms with Gasteiger partial charge in [0.05, 0.1) is 5.69 Å². The van der Waals surface area contributed by atoms with Crippen LogP contribution in [-0.4, -0.2) is 32.3 Å². The van der Waals surface area contributed by atoms with Crippen LogP contribution in [0.2, 0.25) is 0 Å². The first-order valence-corrected chi connectivity index (χ1v) is 6.08. The van der Waals surface area contributed by atoms with Gasteiger partial charge in [0.25, 0.3) is 0 Å². The number of aromatic nitrogens is 3. The van der Waals surface area contributed by atoms with Crippen molar-refractivity contribution in [2.24, 2.45) is 0 Å². The minimum absolute atomic E-state index is 0.0684. The summed E-state index contributed by atoms with van der Waals surface area (Å²) in [4.78, 5) is 25.3. The van der Waals surface area contributed by atoms with Crippen molar-refractivity contribution in [3.8, 4) is 0 Å². The molecule has 0 unspecified atom stereocenters. The van der Waals surface area contributed by atoms with Crippen LogP contribution in [-0.2, 0) is 0 Å². The fourth-order valence-corrected chi connectivity index (χ4v) is 2.04. The van der Waals surface area contributed by atoms with Crippen LogP contribution in [0.15, 0.2) is 6.07 Å². The van der Waals surface area contributed by atoms with Gasteiger partial charge < -0.3 is 15.4 Å². The van der Waals surface area contributed by atoms with Crippen molar-refractivity contribution in [2.45, 2.75) is 13.8 Å². The van der Waals surface area contributed by atoms with E-state index in [1.807, 2.05) is 0 Å². The number of aromatic amines is 1. The zero-order valence-corrected chi connectivity index (χ0v) is 11.0. The van der Waals surface area contributed by atoms with Crippen LogP contribution in [0.25, 0.3) is 0 Å². The monoisotopic (exact) mass is 281 g/mol. The molecule has 2 aromatic rings. The van der Waals surface area contributed by atoms with Gasteiger partial charge in [-0.15, -0.1) is 10.2 Å². The van der Waals surface area contributed by atoms with Gasteiger partial charge in [0.15, 0.2) is 0 Å². The van der Waals surface area contributed by atoms with Crippen molar-refractivity contribution >= 4 is 34.2 Å². The van der Waals surface area contributed by atoms with Crippen molar-refractivity contribution in [1.29, 1.82) is 0 Å². The Bertz CT molecular complexity index is 633. The van der Waals surface area contributed by atoms with E-state index in [2.05, 4.69) is 25.8 Å². The highest BCUT2D eigenvalue weighted by Gasteiger charge is 2.15. The molecule has 0 spiro atoms. The maximum absolute atomic E-state index is 11.7. The maximum atomic E-state index is 11.7. The maximum Gasteiger partial charge on any atom is 0.354 e. The fourth-order valence-electron chi connectivity index (χ4n) is 1.45. The lowest BCUT2D eigenvalue weighted by molar-refractivity contribution is 0.0692. The first kappa shape index (κ1) is 13.0. The third-order valence-corrected chi connectivity index (χ3v) is 2.92. The molecule has 100 valence electrons. The zero-order valence-electron chi connectivity index (χ0n) is 10.1. The molecule has 0 fully saturated rings. The van der Waals surface area contributed by atoms with Gasteiger partial charge in [-0.1, -0.05) is 11.3 Å². The summed E-state index contributed by atoms with van der Waals surface area (Å²) < 4.78 is 0. The molecule has 0 aliphatic heterocycles. The minimum atomic E-state index is -1.14. The summed E-state index contributed by atoms with van der Waals surface area (Å²) in [5.74, 6) is -1.14. The molecule has 0 saturated carbocycles. The molecule has 2 heterocycles. The molecule has 9 heteroatoms. The molecule has 2 rings (SSSR count). The summed E-state index contributed by atoms with van der Waals surface area (Å²) in [6.07, 6.45) is 0. The Morgan fingerprint density at radius 3 is 2.63 bits per heavy atom. The molecule has 0 radical (unpaired) electrons. The Morgan fingerprint density at radius 1 is 1.32 bits per heavy atom. The van der Waals surface area contributed by atoms with Crippen molar-refractivity contribution in [1.82, 2.24) is 15.2 Å². The van der Waals surface area contributed by atoms with Crippen LogP contribution in [0.1, 0.15) is 21.2 Å². The number of carbonyl (C=O) groups excluding carboxylic acids is 1. The molecule has 2 amide bonds. The number of carboxylic acid groups (broad SMARTS) is 1. The highest BCUT2D eigenvalue weighted by molar-refractivity contribution is 7.15. The number of aryl methyl sites for hydroxylation is 2. The predicted octanol–water partition coefficient (Wildman–Crippen LogP) is 1.83. The summed E-state index contributed by atoms with van der Waals surface area (Å²) in [5, 5.41) is 22.4. The average molecular weight is 281 g/mol. The lowest BCUT2D eigenvalue weighted by Gasteiger charge is -2.03. The number of amides is 2. The summed E-state index contributed by atoms with van der Waals surface area (Å²) >= 11 is 1.22. The molecule has 8 nitrogen and oxygen atoms in total. The lowest BCUT2D eigenvalue weighted by atomic mass is 10.3. The summed E-state index contributed by atoms with van der Waals surface area (Å²) in [7, 11) is 0. The number of carbonyl (C=O) groups is 2. The van der Waals surface area contributed by atoms with E-state index in [-0.39, 0.29) is 11.4 Å². The van der Waals surface area contributed by atoms with Gasteiger partial charge in [-0.05, 0) is 19.9 Å². The second-order valence-corrected chi connectivity index (χ2v) is 4.93. The SMILES string of the molecule is Cc1cc(NC(=O)Nc2nnc(C)s2)c(C(=O)O)[nH]1. The largest absolute Gasteiger partial charge is 0.477 e. The molecule has 0 aromatic carbocycles. The molecule has 0 aliphatic carbocycles. The number of anilines is 2. The van der Waals surface area contributed by atoms with Crippen LogP contribution in [0.3, 0.4) is 0 Å². The minimum Gasteiger partial charge on any atom is -0.477 e. The number of hydrogen-bond acceptors (Lipinski definition) is 5. The number of aromatic carboxylic acids is 1. The van der Waals surface area contributed by atoms with Gasteiger partial charge in [-0.2, -0.15) is 0 Å². The highest BCUT2D eigenvalue weighted by Crippen LogP contribution is 2.18. The van der Waals surface area contributed by atoms with E-state index in [4.69, 9.17) is 5.11 Å². The standard InChI is InChI=1S/C10H11N5O3S/c1-4-3-6(7(11-4)8(16)17)12-9(18)13-10-15-14-5(2)19-10/h3,11H,1-2H3,(H,16,17)(H2,12,13,15,18). The summed E-state index contributed by atoms with van der Waals surface area (Å²) in [6.45, 7) is 3.46. The molecule has 0 atom stereocenters. The van der Waals surface area contributed by atoms with Crippen molar-refractivity contribution in [3.63, 3.8) is 0 Å². The Kier molecular flexibility index (Phi) is 3.47. The van der Waals surface area contributed by atoms with Gasteiger partial charge >= 0.3 is 12.0 Å². The molecule has 2 aromatic heterocycles. The Labute approximate surface area is 111 Å². The van der Waals surface area contributed by atoms with Gasteiger partial charge in [0.1, 0.15) is 10.7 Å². The summed E-state index contributed by atoms with van der Waals surface area (Å²) in [6, 6.07) is 0.964. The van der Waals surface area contributed by atoms with Crippen molar-refractivity contribution in [2.75, 3.05) is 10.6 Å². The average Bonchev–Trinajstić information content (AvgIpc) is 2.85. The molecular formula is C10H11N5O3S. The van der Waals surface area contributed by atoms with Gasteiger partial charge in [-0.25, -0.2) is 9.59 Å². The summed E-state index contributed by atoms with van der Waals surface area (Å²) in [5.41, 5.74) is 0.768. The molecule has 19 heavy (non-hydrogen) atoms. The number of hydrogen-bond donors (Lipinski definition) is 4. The van der Waals surface area contributed by atoms with Gasteiger partial charge in [0.2, 0.25) is 5.13 Å². The predicted molar refractivity (Wildman–Crippen MR) is 69.8 cm³/mol. The molecular weight excluding hydrogens is 270 g/mol. The molecule has 0 aliphatic rings. The third-order valence-electron chi connectivity index (χ3n) is 2.16. The van der Waals surface area contributed by atoms with Gasteiger partial charge in [-0.3, -0.25) is 5.32 Å². The molecule has 0 bridgehead atoms. The molecule has 0 saturated heterocycles. The quantitative estimate of drug-likeness (QED) is 0.684. The number of H-pyrrole nitrogens is 1. The smallest absolute Gasteiger partial charge is 0.354 e. The van der Waals surface area contributed by atoms with E-state index >= 15 is 0 Å². The number of nitrogens with zero attached hydrogens (tertiary/aromatic N) is 2.